The van der Waals surface area contributed by atoms with E-state index < -0.39 is 0 Å². The Kier molecular flexibility index (Phi) is 10.1. The molecular weight excluding hydrogens is 352 g/mol. The summed E-state index contributed by atoms with van der Waals surface area (Å²) in [7, 11) is 1.69. The Balaban J connectivity index is 1.93. The van der Waals surface area contributed by atoms with E-state index in [-0.39, 0.29) is 0 Å². The van der Waals surface area contributed by atoms with Crippen molar-refractivity contribution in [1.82, 2.24) is 15.5 Å². The number of aryl methyl sites for hydroxylation is 1. The number of aliphatic imine (C=N–C) groups is 1. The van der Waals surface area contributed by atoms with Crippen LogP contribution >= 0.6 is 0 Å². The molecule has 1 saturated heterocycles. The van der Waals surface area contributed by atoms with E-state index in [1.54, 1.807) is 7.11 Å². The number of benzene rings is 1. The highest BCUT2D eigenvalue weighted by molar-refractivity contribution is 5.79. The average Bonchev–Trinajstić information content (AvgIpc) is 3.13. The van der Waals surface area contributed by atoms with Crippen molar-refractivity contribution in [3.05, 3.63) is 29.3 Å². The van der Waals surface area contributed by atoms with E-state index in [0.717, 1.165) is 30.4 Å². The quantitative estimate of drug-likeness (QED) is 0.346. The van der Waals surface area contributed by atoms with Gasteiger partial charge in [-0.3, -0.25) is 0 Å². The lowest BCUT2D eigenvalue weighted by molar-refractivity contribution is 0.145. The number of ether oxygens (including phenoxy) is 2. The lowest BCUT2D eigenvalue weighted by atomic mass is 10.1. The lowest BCUT2D eigenvalue weighted by Gasteiger charge is -2.17. The Bertz CT molecular complexity index is 606. The topological polar surface area (TPSA) is 58.1 Å². The van der Waals surface area contributed by atoms with Crippen LogP contribution in [-0.2, 0) is 11.3 Å². The van der Waals surface area contributed by atoms with Crippen LogP contribution < -0.4 is 15.4 Å². The first kappa shape index (κ1) is 22.5. The average molecular weight is 391 g/mol. The van der Waals surface area contributed by atoms with Crippen LogP contribution in [0.15, 0.2) is 23.2 Å². The van der Waals surface area contributed by atoms with E-state index in [9.17, 15) is 0 Å². The van der Waals surface area contributed by atoms with Crippen molar-refractivity contribution in [2.45, 2.75) is 40.2 Å². The summed E-state index contributed by atoms with van der Waals surface area (Å²) in [6.45, 7) is 13.6. The molecule has 158 valence electrons. The number of nitrogens with zero attached hydrogens (tertiary/aromatic N) is 2. The molecule has 0 aromatic heterocycles. The lowest BCUT2D eigenvalue weighted by Crippen LogP contribution is -2.40. The fourth-order valence-corrected chi connectivity index (χ4v) is 3.51. The summed E-state index contributed by atoms with van der Waals surface area (Å²) < 4.78 is 11.0. The number of guanidine groups is 1. The highest BCUT2D eigenvalue weighted by atomic mass is 16.5. The Morgan fingerprint density at radius 2 is 2.11 bits per heavy atom. The van der Waals surface area contributed by atoms with Crippen LogP contribution in [0, 0.1) is 12.8 Å². The highest BCUT2D eigenvalue weighted by Gasteiger charge is 2.21. The van der Waals surface area contributed by atoms with Gasteiger partial charge in [0.15, 0.2) is 5.96 Å². The van der Waals surface area contributed by atoms with Gasteiger partial charge in [-0.15, -0.1) is 0 Å². The fraction of sp³-hybridized carbons (Fsp3) is 0.682. The molecule has 0 aliphatic carbocycles. The van der Waals surface area contributed by atoms with Gasteiger partial charge in [0.25, 0.3) is 0 Å². The minimum Gasteiger partial charge on any atom is -0.491 e. The van der Waals surface area contributed by atoms with Crippen molar-refractivity contribution in [3.63, 3.8) is 0 Å². The third kappa shape index (κ3) is 7.68. The SMILES string of the molecule is CCCN1CCC(CNC(=NCc2ccc(C)cc2OCCOC)NCC)C1. The molecule has 1 atom stereocenters. The molecule has 0 amide bonds. The maximum absolute atomic E-state index is 5.89. The Morgan fingerprint density at radius 1 is 1.25 bits per heavy atom. The Morgan fingerprint density at radius 3 is 2.86 bits per heavy atom. The molecule has 1 unspecified atom stereocenters. The first-order valence-corrected chi connectivity index (χ1v) is 10.6. The summed E-state index contributed by atoms with van der Waals surface area (Å²) in [6.07, 6.45) is 2.50. The predicted molar refractivity (Wildman–Crippen MR) is 116 cm³/mol. The number of hydrogen-bond donors (Lipinski definition) is 2. The van der Waals surface area contributed by atoms with Crippen LogP contribution in [0.1, 0.15) is 37.8 Å². The molecule has 1 aromatic carbocycles. The van der Waals surface area contributed by atoms with Gasteiger partial charge in [-0.25, -0.2) is 4.99 Å². The van der Waals surface area contributed by atoms with Gasteiger partial charge in [0, 0.05) is 32.3 Å². The zero-order valence-electron chi connectivity index (χ0n) is 18.1. The third-order valence-corrected chi connectivity index (χ3v) is 4.99. The summed E-state index contributed by atoms with van der Waals surface area (Å²) in [5.41, 5.74) is 2.27. The van der Waals surface area contributed by atoms with Crippen molar-refractivity contribution < 1.29 is 9.47 Å². The predicted octanol–water partition coefficient (Wildman–Crippen LogP) is 2.81. The van der Waals surface area contributed by atoms with E-state index in [4.69, 9.17) is 14.5 Å². The number of nitrogens with one attached hydrogen (secondary N) is 2. The van der Waals surface area contributed by atoms with E-state index >= 15 is 0 Å². The second kappa shape index (κ2) is 12.6. The standard InChI is InChI=1S/C22H38N4O2/c1-5-10-26-11-9-19(17-26)15-24-22(23-6-2)25-16-20-8-7-18(3)14-21(20)28-13-12-27-4/h7-8,14,19H,5-6,9-13,15-17H2,1-4H3,(H2,23,24,25). The van der Waals surface area contributed by atoms with E-state index in [1.807, 2.05) is 0 Å². The van der Waals surface area contributed by atoms with Crippen molar-refractivity contribution in [3.8, 4) is 5.75 Å². The highest BCUT2D eigenvalue weighted by Crippen LogP contribution is 2.21. The minimum atomic E-state index is 0.547. The maximum Gasteiger partial charge on any atom is 0.191 e. The van der Waals surface area contributed by atoms with Gasteiger partial charge in [-0.2, -0.15) is 0 Å². The van der Waals surface area contributed by atoms with Crippen LogP contribution in [0.3, 0.4) is 0 Å². The molecule has 28 heavy (non-hydrogen) atoms. The summed E-state index contributed by atoms with van der Waals surface area (Å²) in [5, 5.41) is 6.89. The molecule has 2 rings (SSSR count). The Labute approximate surface area is 170 Å². The molecule has 1 heterocycles. The number of rotatable bonds is 11. The van der Waals surface area contributed by atoms with Crippen molar-refractivity contribution >= 4 is 5.96 Å². The van der Waals surface area contributed by atoms with Gasteiger partial charge in [0.1, 0.15) is 12.4 Å². The number of hydrogen-bond acceptors (Lipinski definition) is 4. The number of methoxy groups -OCH3 is 1. The number of likely N-dealkylation sites (tertiary alicyclic amines) is 1. The first-order valence-electron chi connectivity index (χ1n) is 10.6. The summed E-state index contributed by atoms with van der Waals surface area (Å²) >= 11 is 0. The largest absolute Gasteiger partial charge is 0.491 e. The zero-order chi connectivity index (χ0) is 20.2. The van der Waals surface area contributed by atoms with E-state index in [2.05, 4.69) is 54.5 Å². The molecule has 2 N–H and O–H groups in total. The van der Waals surface area contributed by atoms with Gasteiger partial charge in [0.2, 0.25) is 0 Å². The van der Waals surface area contributed by atoms with Gasteiger partial charge in [-0.05, 0) is 57.3 Å². The van der Waals surface area contributed by atoms with E-state index in [1.165, 1.54) is 38.0 Å². The maximum atomic E-state index is 5.89. The molecule has 1 aromatic rings. The molecular formula is C22H38N4O2. The van der Waals surface area contributed by atoms with Crippen LogP contribution in [0.4, 0.5) is 0 Å². The summed E-state index contributed by atoms with van der Waals surface area (Å²) in [6, 6.07) is 6.28. The first-order chi connectivity index (χ1) is 13.7. The zero-order valence-corrected chi connectivity index (χ0v) is 18.1. The third-order valence-electron chi connectivity index (χ3n) is 4.99. The van der Waals surface area contributed by atoms with E-state index in [0.29, 0.717) is 25.7 Å². The van der Waals surface area contributed by atoms with Crippen LogP contribution in [-0.4, -0.2) is 63.9 Å². The van der Waals surface area contributed by atoms with Crippen LogP contribution in [0.2, 0.25) is 0 Å². The van der Waals surface area contributed by atoms with Gasteiger partial charge in [-0.1, -0.05) is 19.1 Å². The van der Waals surface area contributed by atoms with Crippen molar-refractivity contribution in [2.75, 3.05) is 53.0 Å². The second-order valence-corrected chi connectivity index (χ2v) is 7.48. The van der Waals surface area contributed by atoms with Crippen molar-refractivity contribution in [2.24, 2.45) is 10.9 Å². The molecule has 1 aliphatic heterocycles. The van der Waals surface area contributed by atoms with Gasteiger partial charge in [0.05, 0.1) is 13.2 Å². The normalized spacial score (nSPS) is 17.7. The fourth-order valence-electron chi connectivity index (χ4n) is 3.51. The van der Waals surface area contributed by atoms with Gasteiger partial charge < -0.3 is 25.0 Å². The molecule has 0 saturated carbocycles. The van der Waals surface area contributed by atoms with Gasteiger partial charge >= 0.3 is 0 Å². The minimum absolute atomic E-state index is 0.547. The van der Waals surface area contributed by atoms with Crippen LogP contribution in [0.5, 0.6) is 5.75 Å². The molecule has 1 fully saturated rings. The molecule has 6 nitrogen and oxygen atoms in total. The molecule has 0 bridgehead atoms. The monoisotopic (exact) mass is 390 g/mol. The Hall–Kier alpha value is -1.79. The van der Waals surface area contributed by atoms with Crippen molar-refractivity contribution in [1.29, 1.82) is 0 Å². The second-order valence-electron chi connectivity index (χ2n) is 7.48. The molecule has 6 heteroatoms. The molecule has 0 radical (unpaired) electrons. The molecule has 1 aliphatic rings. The summed E-state index contributed by atoms with van der Waals surface area (Å²) in [4.78, 5) is 7.35. The van der Waals surface area contributed by atoms with Crippen LogP contribution in [0.25, 0.3) is 0 Å². The molecule has 0 spiro atoms. The smallest absolute Gasteiger partial charge is 0.191 e. The summed E-state index contributed by atoms with van der Waals surface area (Å²) in [5.74, 6) is 2.46.